The molecule has 1 rings (SSSR count). The Kier molecular flexibility index (Phi) is 5.60. The third kappa shape index (κ3) is 3.79. The minimum atomic E-state index is -0.211. The molecule has 1 aliphatic carbocycles. The van der Waals surface area contributed by atoms with Crippen LogP contribution in [0.25, 0.3) is 0 Å². The summed E-state index contributed by atoms with van der Waals surface area (Å²) in [4.78, 5) is 23.8. The van der Waals surface area contributed by atoms with Crippen LogP contribution in [-0.4, -0.2) is 11.6 Å². The summed E-state index contributed by atoms with van der Waals surface area (Å²) in [6, 6.07) is 0. The van der Waals surface area contributed by atoms with E-state index in [2.05, 4.69) is 6.58 Å². The third-order valence-corrected chi connectivity index (χ3v) is 3.98. The van der Waals surface area contributed by atoms with Gasteiger partial charge in [0.15, 0.2) is 0 Å². The van der Waals surface area contributed by atoms with Crippen LogP contribution in [0.15, 0.2) is 12.7 Å². The molecule has 0 radical (unpaired) electrons. The van der Waals surface area contributed by atoms with Crippen molar-refractivity contribution in [1.29, 1.82) is 0 Å². The molecule has 1 saturated carbocycles. The molecule has 0 aromatic carbocycles. The second-order valence-corrected chi connectivity index (χ2v) is 5.16. The summed E-state index contributed by atoms with van der Waals surface area (Å²) >= 11 is 0. The molecule has 0 amide bonds. The van der Waals surface area contributed by atoms with Gasteiger partial charge in [0.25, 0.3) is 0 Å². The molecule has 2 heteroatoms. The molecule has 0 aromatic rings. The molecule has 0 bridgehead atoms. The highest BCUT2D eigenvalue weighted by molar-refractivity contribution is 6.01. The molecule has 0 atom stereocenters. The van der Waals surface area contributed by atoms with Crippen molar-refractivity contribution in [2.24, 2.45) is 5.41 Å². The summed E-state index contributed by atoms with van der Waals surface area (Å²) in [7, 11) is 0. The Morgan fingerprint density at radius 3 is 2.41 bits per heavy atom. The summed E-state index contributed by atoms with van der Waals surface area (Å²) in [5, 5.41) is 0. The number of Topliss-reactive ketones (excluding diaryl/α,β-unsaturated/α-hetero) is 2. The van der Waals surface area contributed by atoms with Crippen LogP contribution in [0.2, 0.25) is 0 Å². The molecule has 0 aromatic heterocycles. The van der Waals surface area contributed by atoms with Gasteiger partial charge in [-0.05, 0) is 25.7 Å². The minimum Gasteiger partial charge on any atom is -0.299 e. The number of hydrogen-bond acceptors (Lipinski definition) is 2. The van der Waals surface area contributed by atoms with E-state index in [0.717, 1.165) is 38.5 Å². The maximum atomic E-state index is 12.3. The van der Waals surface area contributed by atoms with Crippen molar-refractivity contribution in [3.8, 4) is 0 Å². The first-order chi connectivity index (χ1) is 8.14. The van der Waals surface area contributed by atoms with Crippen molar-refractivity contribution < 1.29 is 9.59 Å². The number of carbonyl (C=O) groups is 2. The first kappa shape index (κ1) is 14.1. The van der Waals surface area contributed by atoms with Crippen molar-refractivity contribution in [3.63, 3.8) is 0 Å². The van der Waals surface area contributed by atoms with E-state index in [1.165, 1.54) is 6.42 Å². The molecule has 0 aliphatic heterocycles. The topological polar surface area (TPSA) is 34.1 Å². The number of rotatable bonds is 7. The molecule has 0 N–H and O–H groups in total. The summed E-state index contributed by atoms with van der Waals surface area (Å²) in [6.07, 6.45) is 9.69. The fourth-order valence-electron chi connectivity index (χ4n) is 2.77. The molecule has 0 spiro atoms. The maximum absolute atomic E-state index is 12.3. The first-order valence-corrected chi connectivity index (χ1v) is 6.80. The van der Waals surface area contributed by atoms with Gasteiger partial charge < -0.3 is 0 Å². The van der Waals surface area contributed by atoms with Gasteiger partial charge in [-0.1, -0.05) is 32.3 Å². The van der Waals surface area contributed by atoms with Crippen molar-refractivity contribution in [2.45, 2.75) is 64.7 Å². The van der Waals surface area contributed by atoms with Crippen LogP contribution in [-0.2, 0) is 9.59 Å². The molecule has 2 nitrogen and oxygen atoms in total. The number of allylic oxidation sites excluding steroid dienone is 1. The Balaban J connectivity index is 2.70. The van der Waals surface area contributed by atoms with Crippen LogP contribution in [0.3, 0.4) is 0 Å². The van der Waals surface area contributed by atoms with Gasteiger partial charge in [0.1, 0.15) is 11.6 Å². The lowest BCUT2D eigenvalue weighted by Gasteiger charge is -2.35. The van der Waals surface area contributed by atoms with E-state index in [1.807, 2.05) is 13.0 Å². The average Bonchev–Trinajstić information content (AvgIpc) is 2.37. The molecule has 1 fully saturated rings. The zero-order chi connectivity index (χ0) is 12.7. The van der Waals surface area contributed by atoms with Gasteiger partial charge in [0.05, 0.1) is 6.42 Å². The zero-order valence-electron chi connectivity index (χ0n) is 11.0. The summed E-state index contributed by atoms with van der Waals surface area (Å²) in [6.45, 7) is 5.56. The minimum absolute atomic E-state index is 0.0820. The zero-order valence-corrected chi connectivity index (χ0v) is 11.0. The van der Waals surface area contributed by atoms with Crippen LogP contribution < -0.4 is 0 Å². The molecule has 96 valence electrons. The van der Waals surface area contributed by atoms with Gasteiger partial charge in [0.2, 0.25) is 0 Å². The van der Waals surface area contributed by atoms with Crippen LogP contribution in [0.5, 0.6) is 0 Å². The molecular formula is C15H24O2. The highest BCUT2D eigenvalue weighted by atomic mass is 16.1. The van der Waals surface area contributed by atoms with Crippen molar-refractivity contribution >= 4 is 11.6 Å². The molecule has 0 heterocycles. The van der Waals surface area contributed by atoms with Crippen LogP contribution in [0.4, 0.5) is 0 Å². The smallest absolute Gasteiger partial charge is 0.146 e. The number of ketones is 2. The molecule has 0 unspecified atom stereocenters. The lowest BCUT2D eigenvalue weighted by molar-refractivity contribution is -0.135. The molecule has 1 aliphatic rings. The highest BCUT2D eigenvalue weighted by Gasteiger charge is 2.38. The Morgan fingerprint density at radius 1 is 1.24 bits per heavy atom. The third-order valence-electron chi connectivity index (χ3n) is 3.98. The largest absolute Gasteiger partial charge is 0.299 e. The van der Waals surface area contributed by atoms with Crippen LogP contribution in [0, 0.1) is 5.41 Å². The monoisotopic (exact) mass is 236 g/mol. The standard InChI is InChI=1S/C15H24O2/c1-3-5-9-15(10-7-6-8-11-15)14(17)12-13(16)4-2/h3H,1,4-12H2,2H3. The van der Waals surface area contributed by atoms with Gasteiger partial charge in [0, 0.05) is 11.8 Å². The second-order valence-electron chi connectivity index (χ2n) is 5.16. The van der Waals surface area contributed by atoms with Gasteiger partial charge in [-0.15, -0.1) is 6.58 Å². The van der Waals surface area contributed by atoms with E-state index >= 15 is 0 Å². The molecule has 0 saturated heterocycles. The second kappa shape index (κ2) is 6.73. The van der Waals surface area contributed by atoms with E-state index in [4.69, 9.17) is 0 Å². The number of carbonyl (C=O) groups excluding carboxylic acids is 2. The summed E-state index contributed by atoms with van der Waals surface area (Å²) < 4.78 is 0. The van der Waals surface area contributed by atoms with Crippen molar-refractivity contribution in [3.05, 3.63) is 12.7 Å². The van der Waals surface area contributed by atoms with Crippen LogP contribution >= 0.6 is 0 Å². The fraction of sp³-hybridized carbons (Fsp3) is 0.733. The van der Waals surface area contributed by atoms with Gasteiger partial charge in [-0.3, -0.25) is 9.59 Å². The van der Waals surface area contributed by atoms with E-state index in [1.54, 1.807) is 0 Å². The fourth-order valence-corrected chi connectivity index (χ4v) is 2.77. The maximum Gasteiger partial charge on any atom is 0.146 e. The predicted octanol–water partition coefficient (Wildman–Crippen LogP) is 3.84. The van der Waals surface area contributed by atoms with E-state index in [0.29, 0.717) is 6.42 Å². The first-order valence-electron chi connectivity index (χ1n) is 6.80. The summed E-state index contributed by atoms with van der Waals surface area (Å²) in [5.74, 6) is 0.268. The Hall–Kier alpha value is -0.920. The predicted molar refractivity (Wildman–Crippen MR) is 69.9 cm³/mol. The SMILES string of the molecule is C=CCCC1(C(=O)CC(=O)CC)CCCCC1. The molecule has 17 heavy (non-hydrogen) atoms. The highest BCUT2D eigenvalue weighted by Crippen LogP contribution is 2.42. The summed E-state index contributed by atoms with van der Waals surface area (Å²) in [5.41, 5.74) is -0.211. The van der Waals surface area contributed by atoms with Crippen molar-refractivity contribution in [2.75, 3.05) is 0 Å². The van der Waals surface area contributed by atoms with E-state index in [9.17, 15) is 9.59 Å². The lowest BCUT2D eigenvalue weighted by atomic mass is 9.67. The van der Waals surface area contributed by atoms with Crippen molar-refractivity contribution in [1.82, 2.24) is 0 Å². The van der Waals surface area contributed by atoms with Gasteiger partial charge >= 0.3 is 0 Å². The average molecular weight is 236 g/mol. The Labute approximate surface area is 104 Å². The normalized spacial score (nSPS) is 18.6. The van der Waals surface area contributed by atoms with E-state index in [-0.39, 0.29) is 23.4 Å². The lowest BCUT2D eigenvalue weighted by Crippen LogP contribution is -2.34. The quantitative estimate of drug-likeness (QED) is 0.497. The Bertz CT molecular complexity index is 285. The van der Waals surface area contributed by atoms with Gasteiger partial charge in [-0.2, -0.15) is 0 Å². The van der Waals surface area contributed by atoms with Gasteiger partial charge in [-0.25, -0.2) is 0 Å². The van der Waals surface area contributed by atoms with E-state index < -0.39 is 0 Å². The molecular weight excluding hydrogens is 212 g/mol. The number of hydrogen-bond donors (Lipinski definition) is 0. The Morgan fingerprint density at radius 2 is 1.88 bits per heavy atom. The van der Waals surface area contributed by atoms with Crippen LogP contribution in [0.1, 0.15) is 64.7 Å².